The molecule has 4 rings (SSSR count). The summed E-state index contributed by atoms with van der Waals surface area (Å²) >= 11 is 0. The summed E-state index contributed by atoms with van der Waals surface area (Å²) < 4.78 is 16.9. The fourth-order valence-electron chi connectivity index (χ4n) is 3.80. The SMILES string of the molecule is CCOc1ccc2[nH]c(=O)c(CN(C[C@@H]3COCCO3)C(=O)c3ccc(C)cc3)cc2c1. The molecule has 1 aliphatic heterocycles. The number of carbonyl (C=O) groups excluding carboxylic acids is 1. The first-order valence-corrected chi connectivity index (χ1v) is 10.9. The summed E-state index contributed by atoms with van der Waals surface area (Å²) in [6, 6.07) is 14.8. The van der Waals surface area contributed by atoms with E-state index >= 15 is 0 Å². The standard InChI is InChI=1S/C25H28N2O5/c1-3-31-21-8-9-23-19(13-21)12-20(24(28)26-23)14-27(15-22-16-30-10-11-32-22)25(29)18-6-4-17(2)5-7-18/h4-9,12-13,22H,3,10-11,14-16H2,1-2H3,(H,26,28)/t22-/m1/s1. The number of benzene rings is 2. The van der Waals surface area contributed by atoms with Crippen LogP contribution in [0.1, 0.15) is 28.4 Å². The Morgan fingerprint density at radius 1 is 1.16 bits per heavy atom. The lowest BCUT2D eigenvalue weighted by atomic mass is 10.1. The highest BCUT2D eigenvalue weighted by Gasteiger charge is 2.24. The summed E-state index contributed by atoms with van der Waals surface area (Å²) in [5.74, 6) is 0.583. The van der Waals surface area contributed by atoms with Crippen molar-refractivity contribution in [3.63, 3.8) is 0 Å². The number of aromatic nitrogens is 1. The van der Waals surface area contributed by atoms with Gasteiger partial charge in [-0.05, 0) is 50.2 Å². The van der Waals surface area contributed by atoms with Gasteiger partial charge in [-0.1, -0.05) is 17.7 Å². The molecule has 1 fully saturated rings. The third-order valence-corrected chi connectivity index (χ3v) is 5.46. The van der Waals surface area contributed by atoms with E-state index in [2.05, 4.69) is 4.98 Å². The number of aromatic amines is 1. The average Bonchev–Trinajstić information content (AvgIpc) is 2.80. The fourth-order valence-corrected chi connectivity index (χ4v) is 3.80. The minimum absolute atomic E-state index is 0.151. The molecular weight excluding hydrogens is 408 g/mol. The van der Waals surface area contributed by atoms with E-state index in [1.165, 1.54) is 0 Å². The van der Waals surface area contributed by atoms with Gasteiger partial charge >= 0.3 is 0 Å². The fraction of sp³-hybridized carbons (Fsp3) is 0.360. The monoisotopic (exact) mass is 436 g/mol. The number of carbonyl (C=O) groups is 1. The molecule has 7 nitrogen and oxygen atoms in total. The van der Waals surface area contributed by atoms with Crippen molar-refractivity contribution in [1.82, 2.24) is 9.88 Å². The highest BCUT2D eigenvalue weighted by Crippen LogP contribution is 2.20. The van der Waals surface area contributed by atoms with Gasteiger partial charge in [-0.2, -0.15) is 0 Å². The maximum Gasteiger partial charge on any atom is 0.254 e. The summed E-state index contributed by atoms with van der Waals surface area (Å²) in [6.07, 6.45) is -0.234. The molecule has 0 radical (unpaired) electrons. The molecule has 0 unspecified atom stereocenters. The number of hydrogen-bond donors (Lipinski definition) is 1. The van der Waals surface area contributed by atoms with Crippen molar-refractivity contribution in [2.75, 3.05) is 33.0 Å². The number of nitrogens with one attached hydrogen (secondary N) is 1. The number of amides is 1. The summed E-state index contributed by atoms with van der Waals surface area (Å²) in [5.41, 5.74) is 2.66. The van der Waals surface area contributed by atoms with Crippen LogP contribution in [0.3, 0.4) is 0 Å². The second-order valence-corrected chi connectivity index (χ2v) is 7.93. The van der Waals surface area contributed by atoms with E-state index in [0.717, 1.165) is 22.2 Å². The summed E-state index contributed by atoms with van der Waals surface area (Å²) in [6.45, 7) is 6.43. The Labute approximate surface area is 186 Å². The zero-order chi connectivity index (χ0) is 22.5. The van der Waals surface area contributed by atoms with Gasteiger partial charge in [0.25, 0.3) is 11.5 Å². The van der Waals surface area contributed by atoms with Crippen molar-refractivity contribution in [3.8, 4) is 5.75 Å². The van der Waals surface area contributed by atoms with Gasteiger partial charge in [-0.15, -0.1) is 0 Å². The molecule has 0 aliphatic carbocycles. The predicted octanol–water partition coefficient (Wildman–Crippen LogP) is 3.29. The molecule has 0 saturated carbocycles. The molecule has 0 spiro atoms. The number of nitrogens with zero attached hydrogens (tertiary/aromatic N) is 1. The van der Waals surface area contributed by atoms with Gasteiger partial charge in [-0.25, -0.2) is 0 Å². The van der Waals surface area contributed by atoms with Crippen molar-refractivity contribution in [3.05, 3.63) is 75.6 Å². The zero-order valence-electron chi connectivity index (χ0n) is 18.4. The molecule has 1 saturated heterocycles. The second-order valence-electron chi connectivity index (χ2n) is 7.93. The van der Waals surface area contributed by atoms with Gasteiger partial charge in [0, 0.05) is 28.6 Å². The van der Waals surface area contributed by atoms with Crippen molar-refractivity contribution in [2.45, 2.75) is 26.5 Å². The van der Waals surface area contributed by atoms with E-state index in [1.807, 2.05) is 62.4 Å². The summed E-state index contributed by atoms with van der Waals surface area (Å²) in [5, 5.41) is 0.852. The molecule has 32 heavy (non-hydrogen) atoms. The first-order valence-electron chi connectivity index (χ1n) is 10.9. The number of hydrogen-bond acceptors (Lipinski definition) is 5. The molecule has 2 aromatic carbocycles. The highest BCUT2D eigenvalue weighted by molar-refractivity contribution is 5.94. The van der Waals surface area contributed by atoms with E-state index in [-0.39, 0.29) is 24.1 Å². The van der Waals surface area contributed by atoms with Crippen LogP contribution in [0.2, 0.25) is 0 Å². The first kappa shape index (κ1) is 22.0. The molecule has 168 valence electrons. The van der Waals surface area contributed by atoms with E-state index in [0.29, 0.717) is 44.1 Å². The Morgan fingerprint density at radius 3 is 2.69 bits per heavy atom. The van der Waals surface area contributed by atoms with Crippen LogP contribution in [0.15, 0.2) is 53.3 Å². The minimum atomic E-state index is -0.234. The number of pyridine rings is 1. The van der Waals surface area contributed by atoms with Crippen molar-refractivity contribution in [2.24, 2.45) is 0 Å². The lowest BCUT2D eigenvalue weighted by molar-refractivity contribution is -0.0953. The maximum absolute atomic E-state index is 13.3. The van der Waals surface area contributed by atoms with Gasteiger partial charge in [0.1, 0.15) is 5.75 Å². The number of fused-ring (bicyclic) bond motifs is 1. The van der Waals surface area contributed by atoms with Crippen LogP contribution in [0.4, 0.5) is 0 Å². The van der Waals surface area contributed by atoms with E-state index < -0.39 is 0 Å². The molecule has 1 amide bonds. The Balaban J connectivity index is 1.65. The molecule has 0 bridgehead atoms. The van der Waals surface area contributed by atoms with E-state index in [9.17, 15) is 9.59 Å². The molecule has 1 aliphatic rings. The Bertz CT molecular complexity index is 1130. The lowest BCUT2D eigenvalue weighted by Crippen LogP contribution is -2.43. The van der Waals surface area contributed by atoms with Crippen LogP contribution >= 0.6 is 0 Å². The average molecular weight is 437 g/mol. The lowest BCUT2D eigenvalue weighted by Gasteiger charge is -2.30. The van der Waals surface area contributed by atoms with E-state index in [4.69, 9.17) is 14.2 Å². The van der Waals surface area contributed by atoms with E-state index in [1.54, 1.807) is 4.90 Å². The van der Waals surface area contributed by atoms with Crippen LogP contribution in [0.25, 0.3) is 10.9 Å². The van der Waals surface area contributed by atoms with Crippen LogP contribution in [-0.4, -0.2) is 54.9 Å². The molecular formula is C25H28N2O5. The Kier molecular flexibility index (Phi) is 6.87. The largest absolute Gasteiger partial charge is 0.494 e. The Morgan fingerprint density at radius 2 is 1.97 bits per heavy atom. The third kappa shape index (κ3) is 5.18. The van der Waals surface area contributed by atoms with Gasteiger partial charge < -0.3 is 24.1 Å². The molecule has 2 heterocycles. The molecule has 3 aromatic rings. The highest BCUT2D eigenvalue weighted by atomic mass is 16.6. The molecule has 1 N–H and O–H groups in total. The van der Waals surface area contributed by atoms with Crippen molar-refractivity contribution < 1.29 is 19.0 Å². The number of aryl methyl sites for hydroxylation is 1. The maximum atomic E-state index is 13.3. The third-order valence-electron chi connectivity index (χ3n) is 5.46. The van der Waals surface area contributed by atoms with Crippen molar-refractivity contribution >= 4 is 16.8 Å². The quantitative estimate of drug-likeness (QED) is 0.615. The normalized spacial score (nSPS) is 16.1. The molecule has 1 atom stereocenters. The number of H-pyrrole nitrogens is 1. The topological polar surface area (TPSA) is 80.9 Å². The predicted molar refractivity (Wildman–Crippen MR) is 122 cm³/mol. The summed E-state index contributed by atoms with van der Waals surface area (Å²) in [4.78, 5) is 30.7. The number of rotatable bonds is 7. The second kappa shape index (κ2) is 9.97. The van der Waals surface area contributed by atoms with Crippen LogP contribution in [0.5, 0.6) is 5.75 Å². The van der Waals surface area contributed by atoms with Gasteiger partial charge in [0.2, 0.25) is 0 Å². The van der Waals surface area contributed by atoms with Gasteiger partial charge in [0.15, 0.2) is 0 Å². The Hall–Kier alpha value is -3.16. The van der Waals surface area contributed by atoms with Crippen LogP contribution in [-0.2, 0) is 16.0 Å². The zero-order valence-corrected chi connectivity index (χ0v) is 18.4. The number of ether oxygens (including phenoxy) is 3. The minimum Gasteiger partial charge on any atom is -0.494 e. The molecule has 7 heteroatoms. The van der Waals surface area contributed by atoms with Crippen LogP contribution < -0.4 is 10.3 Å². The van der Waals surface area contributed by atoms with Crippen LogP contribution in [0, 0.1) is 6.92 Å². The van der Waals surface area contributed by atoms with Gasteiger partial charge in [-0.3, -0.25) is 9.59 Å². The van der Waals surface area contributed by atoms with Gasteiger partial charge in [0.05, 0.1) is 39.1 Å². The summed E-state index contributed by atoms with van der Waals surface area (Å²) in [7, 11) is 0. The smallest absolute Gasteiger partial charge is 0.254 e. The molecule has 1 aromatic heterocycles. The van der Waals surface area contributed by atoms with Crippen molar-refractivity contribution in [1.29, 1.82) is 0 Å². The first-order chi connectivity index (χ1) is 15.5.